The van der Waals surface area contributed by atoms with Crippen molar-refractivity contribution >= 4 is 11.8 Å². The van der Waals surface area contributed by atoms with Gasteiger partial charge in [-0.25, -0.2) is 9.37 Å². The molecular weight excluding hydrogens is 323 g/mol. The zero-order valence-electron chi connectivity index (χ0n) is 14.0. The minimum Gasteiger partial charge on any atom is -0.481 e. The van der Waals surface area contributed by atoms with Crippen LogP contribution in [-0.4, -0.2) is 40.4 Å². The van der Waals surface area contributed by atoms with E-state index in [1.807, 2.05) is 24.0 Å². The van der Waals surface area contributed by atoms with Crippen LogP contribution in [0.2, 0.25) is 0 Å². The Hall–Kier alpha value is -2.47. The molecule has 0 amide bonds. The summed E-state index contributed by atoms with van der Waals surface area (Å²) >= 11 is 0. The Morgan fingerprint density at radius 1 is 1.40 bits per heavy atom. The molecule has 2 heterocycles. The Kier molecular flexibility index (Phi) is 4.72. The number of carboxylic acid groups (broad SMARTS) is 1. The summed E-state index contributed by atoms with van der Waals surface area (Å²) in [6.45, 7) is 2.58. The lowest BCUT2D eigenvalue weighted by molar-refractivity contribution is -0.157. The van der Waals surface area contributed by atoms with Crippen molar-refractivity contribution in [2.45, 2.75) is 25.9 Å². The zero-order valence-corrected chi connectivity index (χ0v) is 14.0. The van der Waals surface area contributed by atoms with Crippen molar-refractivity contribution in [2.24, 2.45) is 5.41 Å². The van der Waals surface area contributed by atoms with Crippen molar-refractivity contribution in [3.8, 4) is 0 Å². The number of rotatable bonds is 4. The van der Waals surface area contributed by atoms with Gasteiger partial charge in [0.25, 0.3) is 0 Å². The third kappa shape index (κ3) is 3.49. The number of anilines is 1. The topological polar surface area (TPSA) is 73.7 Å². The number of aliphatic hydroxyl groups is 1. The predicted molar refractivity (Wildman–Crippen MR) is 92.0 cm³/mol. The van der Waals surface area contributed by atoms with Crippen LogP contribution in [0.5, 0.6) is 0 Å². The second-order valence-electron chi connectivity index (χ2n) is 6.69. The van der Waals surface area contributed by atoms with Crippen molar-refractivity contribution in [3.05, 3.63) is 59.5 Å². The second kappa shape index (κ2) is 6.80. The van der Waals surface area contributed by atoms with E-state index < -0.39 is 23.3 Å². The molecule has 1 aromatic carbocycles. The number of piperidine rings is 1. The lowest BCUT2D eigenvalue weighted by Crippen LogP contribution is -2.57. The Morgan fingerprint density at radius 2 is 2.20 bits per heavy atom. The van der Waals surface area contributed by atoms with Crippen LogP contribution >= 0.6 is 0 Å². The smallest absolute Gasteiger partial charge is 0.314 e. The minimum absolute atomic E-state index is 0.0591. The number of aliphatic hydroxyl groups excluding tert-OH is 1. The summed E-state index contributed by atoms with van der Waals surface area (Å²) in [4.78, 5) is 18.3. The molecule has 132 valence electrons. The molecule has 1 aliphatic rings. The number of aliphatic carboxylic acids is 1. The van der Waals surface area contributed by atoms with Gasteiger partial charge in [-0.1, -0.05) is 18.2 Å². The van der Waals surface area contributed by atoms with Gasteiger partial charge in [-0.15, -0.1) is 0 Å². The molecule has 1 saturated heterocycles. The van der Waals surface area contributed by atoms with E-state index in [2.05, 4.69) is 4.98 Å². The molecule has 25 heavy (non-hydrogen) atoms. The number of benzene rings is 1. The van der Waals surface area contributed by atoms with E-state index in [4.69, 9.17) is 0 Å². The molecule has 0 saturated carbocycles. The summed E-state index contributed by atoms with van der Waals surface area (Å²) in [6, 6.07) is 9.64. The third-order valence-electron chi connectivity index (χ3n) is 4.84. The van der Waals surface area contributed by atoms with Crippen molar-refractivity contribution in [3.63, 3.8) is 0 Å². The number of aromatic nitrogens is 1. The summed E-state index contributed by atoms with van der Waals surface area (Å²) in [7, 11) is 0. The van der Waals surface area contributed by atoms with E-state index in [1.54, 1.807) is 18.3 Å². The fraction of sp³-hybridized carbons (Fsp3) is 0.368. The van der Waals surface area contributed by atoms with Crippen LogP contribution in [0.3, 0.4) is 0 Å². The molecule has 1 fully saturated rings. The average molecular weight is 344 g/mol. The molecule has 0 unspecified atom stereocenters. The van der Waals surface area contributed by atoms with Crippen molar-refractivity contribution in [1.29, 1.82) is 0 Å². The zero-order chi connectivity index (χ0) is 18.0. The molecule has 0 radical (unpaired) electrons. The molecule has 2 aromatic rings. The van der Waals surface area contributed by atoms with Crippen LogP contribution < -0.4 is 4.90 Å². The second-order valence-corrected chi connectivity index (χ2v) is 6.69. The van der Waals surface area contributed by atoms with Gasteiger partial charge < -0.3 is 15.1 Å². The highest BCUT2D eigenvalue weighted by Crippen LogP contribution is 2.36. The molecular formula is C19H21FN2O3. The van der Waals surface area contributed by atoms with Crippen LogP contribution in [0, 0.1) is 18.2 Å². The summed E-state index contributed by atoms with van der Waals surface area (Å²) in [6.07, 6.45) is 1.10. The first kappa shape index (κ1) is 17.4. The Bertz CT molecular complexity index is 766. The average Bonchev–Trinajstić information content (AvgIpc) is 2.57. The predicted octanol–water partition coefficient (Wildman–Crippen LogP) is 2.41. The number of hydrogen-bond donors (Lipinski definition) is 2. The molecule has 0 aliphatic carbocycles. The molecule has 1 aliphatic heterocycles. The first-order chi connectivity index (χ1) is 11.9. The van der Waals surface area contributed by atoms with Gasteiger partial charge in [0.1, 0.15) is 17.1 Å². The minimum atomic E-state index is -1.40. The highest BCUT2D eigenvalue weighted by molar-refractivity contribution is 5.77. The Morgan fingerprint density at radius 3 is 2.84 bits per heavy atom. The number of aryl methyl sites for hydroxylation is 1. The van der Waals surface area contributed by atoms with Gasteiger partial charge in [0.15, 0.2) is 0 Å². The van der Waals surface area contributed by atoms with Gasteiger partial charge >= 0.3 is 5.97 Å². The first-order valence-corrected chi connectivity index (χ1v) is 8.24. The summed E-state index contributed by atoms with van der Waals surface area (Å²) in [5, 5.41) is 20.4. The maximum Gasteiger partial charge on any atom is 0.314 e. The third-order valence-corrected chi connectivity index (χ3v) is 4.84. The van der Waals surface area contributed by atoms with Gasteiger partial charge in [0.2, 0.25) is 0 Å². The van der Waals surface area contributed by atoms with Gasteiger partial charge in [0.05, 0.1) is 6.10 Å². The summed E-state index contributed by atoms with van der Waals surface area (Å²) in [5.41, 5.74) is 0.170. The molecule has 3 rings (SSSR count). The van der Waals surface area contributed by atoms with E-state index in [9.17, 15) is 19.4 Å². The normalized spacial score (nSPS) is 23.5. The largest absolute Gasteiger partial charge is 0.481 e. The van der Waals surface area contributed by atoms with Crippen molar-refractivity contribution in [1.82, 2.24) is 4.98 Å². The molecule has 0 bridgehead atoms. The number of pyridine rings is 1. The quantitative estimate of drug-likeness (QED) is 0.891. The maximum absolute atomic E-state index is 13.5. The fourth-order valence-corrected chi connectivity index (χ4v) is 3.39. The van der Waals surface area contributed by atoms with Crippen molar-refractivity contribution in [2.75, 3.05) is 18.0 Å². The van der Waals surface area contributed by atoms with Crippen LogP contribution in [0.4, 0.5) is 10.2 Å². The Balaban J connectivity index is 1.92. The van der Waals surface area contributed by atoms with Crippen molar-refractivity contribution < 1.29 is 19.4 Å². The number of nitrogens with zero attached hydrogens (tertiary/aromatic N) is 2. The monoisotopic (exact) mass is 344 g/mol. The van der Waals surface area contributed by atoms with Gasteiger partial charge in [-0.2, -0.15) is 0 Å². The van der Waals surface area contributed by atoms with E-state index in [0.29, 0.717) is 24.3 Å². The van der Waals surface area contributed by atoms with Gasteiger partial charge in [-0.05, 0) is 49.1 Å². The standard InChI is InChI=1S/C19H21FN2O3/c1-13-5-6-17(21-11-13)22-8-7-16(23)19(12-22,18(24)25)10-14-3-2-4-15(20)9-14/h2-6,9,11,16,23H,7-8,10,12H2,1H3,(H,24,25)/t16-,19+/m0/s1. The SMILES string of the molecule is Cc1ccc(N2CC[C@H](O)[C@](Cc3cccc(F)c3)(C(=O)O)C2)nc1. The first-order valence-electron chi connectivity index (χ1n) is 8.24. The number of carbonyl (C=O) groups is 1. The fourth-order valence-electron chi connectivity index (χ4n) is 3.39. The highest BCUT2D eigenvalue weighted by atomic mass is 19.1. The summed E-state index contributed by atoms with van der Waals surface area (Å²) in [5.74, 6) is -0.816. The summed E-state index contributed by atoms with van der Waals surface area (Å²) < 4.78 is 13.5. The number of halogens is 1. The van der Waals surface area contributed by atoms with E-state index >= 15 is 0 Å². The lowest BCUT2D eigenvalue weighted by Gasteiger charge is -2.44. The molecule has 0 spiro atoms. The number of carboxylic acids is 1. The molecule has 2 atom stereocenters. The number of hydrogen-bond acceptors (Lipinski definition) is 4. The Labute approximate surface area is 145 Å². The van der Waals surface area contributed by atoms with Crippen LogP contribution in [0.25, 0.3) is 0 Å². The molecule has 6 heteroatoms. The molecule has 2 N–H and O–H groups in total. The highest BCUT2D eigenvalue weighted by Gasteiger charge is 2.49. The molecule has 1 aromatic heterocycles. The van der Waals surface area contributed by atoms with Crippen LogP contribution in [0.15, 0.2) is 42.6 Å². The van der Waals surface area contributed by atoms with E-state index in [1.165, 1.54) is 12.1 Å². The van der Waals surface area contributed by atoms with Gasteiger partial charge in [0, 0.05) is 19.3 Å². The van der Waals surface area contributed by atoms with E-state index in [0.717, 1.165) is 5.56 Å². The lowest BCUT2D eigenvalue weighted by atomic mass is 9.73. The maximum atomic E-state index is 13.5. The van der Waals surface area contributed by atoms with Crippen LogP contribution in [0.1, 0.15) is 17.5 Å². The van der Waals surface area contributed by atoms with E-state index in [-0.39, 0.29) is 13.0 Å². The van der Waals surface area contributed by atoms with Gasteiger partial charge in [-0.3, -0.25) is 4.79 Å². The molecule has 5 nitrogen and oxygen atoms in total. The van der Waals surface area contributed by atoms with Crippen LogP contribution in [-0.2, 0) is 11.2 Å².